The molecular weight excluding hydrogens is 426 g/mol. The van der Waals surface area contributed by atoms with E-state index in [1.54, 1.807) is 42.5 Å². The van der Waals surface area contributed by atoms with Gasteiger partial charge in [0.05, 0.1) is 12.8 Å². The monoisotopic (exact) mass is 445 g/mol. The second kappa shape index (κ2) is 10.9. The summed E-state index contributed by atoms with van der Waals surface area (Å²) in [6.45, 7) is 6.30. The largest absolute Gasteiger partial charge is 0.490 e. The Hall–Kier alpha value is -3.13. The number of hydrogen-bond acceptors (Lipinski definition) is 5. The molecule has 0 bridgehead atoms. The van der Waals surface area contributed by atoms with Gasteiger partial charge in [-0.25, -0.2) is 5.43 Å². The van der Waals surface area contributed by atoms with Gasteiger partial charge < -0.3 is 14.8 Å². The Morgan fingerprint density at radius 3 is 2.68 bits per heavy atom. The second-order valence-electron chi connectivity index (χ2n) is 5.40. The molecule has 2 rings (SSSR count). The molecule has 2 aromatic carbocycles. The van der Waals surface area contributed by atoms with Gasteiger partial charge in [-0.1, -0.05) is 34.7 Å². The van der Waals surface area contributed by atoms with Crippen LogP contribution in [-0.2, 0) is 9.59 Å². The number of rotatable bonds is 8. The molecule has 0 aliphatic heterocycles. The molecule has 0 aromatic heterocycles. The summed E-state index contributed by atoms with van der Waals surface area (Å²) in [4.78, 5) is 23.8. The predicted molar refractivity (Wildman–Crippen MR) is 112 cm³/mol. The van der Waals surface area contributed by atoms with Crippen LogP contribution in [0, 0.1) is 0 Å². The molecular formula is C20H20BrN3O4. The number of nitrogens with zero attached hydrogens (tertiary/aromatic N) is 1. The number of carbonyl (C=O) groups is 2. The van der Waals surface area contributed by atoms with E-state index in [-0.39, 0.29) is 0 Å². The number of nitrogens with one attached hydrogen (secondary N) is 2. The number of benzene rings is 2. The van der Waals surface area contributed by atoms with Gasteiger partial charge in [-0.05, 0) is 48.9 Å². The normalized spacial score (nSPS) is 10.4. The van der Waals surface area contributed by atoms with Crippen molar-refractivity contribution in [2.24, 2.45) is 5.10 Å². The number of ether oxygens (including phenoxy) is 2. The van der Waals surface area contributed by atoms with Crippen LogP contribution in [0.1, 0.15) is 12.5 Å². The number of amides is 2. The van der Waals surface area contributed by atoms with Gasteiger partial charge in [0.15, 0.2) is 11.5 Å². The van der Waals surface area contributed by atoms with Crippen LogP contribution in [-0.4, -0.2) is 31.2 Å². The van der Waals surface area contributed by atoms with E-state index in [0.717, 1.165) is 4.47 Å². The molecule has 7 nitrogen and oxygen atoms in total. The molecule has 8 heteroatoms. The molecule has 0 spiro atoms. The highest BCUT2D eigenvalue weighted by molar-refractivity contribution is 9.10. The zero-order valence-electron chi connectivity index (χ0n) is 15.3. The fourth-order valence-electron chi connectivity index (χ4n) is 2.11. The average molecular weight is 446 g/mol. The first-order valence-electron chi connectivity index (χ1n) is 8.44. The maximum atomic E-state index is 11.9. The molecule has 0 unspecified atom stereocenters. The van der Waals surface area contributed by atoms with E-state index in [1.165, 1.54) is 6.21 Å². The van der Waals surface area contributed by atoms with Gasteiger partial charge in [-0.3, -0.25) is 9.59 Å². The molecule has 0 fully saturated rings. The molecule has 2 aromatic rings. The van der Waals surface area contributed by atoms with Crippen molar-refractivity contribution in [3.63, 3.8) is 0 Å². The first kappa shape index (κ1) is 21.2. The zero-order valence-corrected chi connectivity index (χ0v) is 16.9. The summed E-state index contributed by atoms with van der Waals surface area (Å²) in [5.74, 6) is -0.575. The summed E-state index contributed by atoms with van der Waals surface area (Å²) in [6, 6.07) is 12.1. The molecule has 0 aliphatic rings. The third-order valence-electron chi connectivity index (χ3n) is 3.29. The maximum absolute atomic E-state index is 11.9. The first-order valence-corrected chi connectivity index (χ1v) is 9.23. The maximum Gasteiger partial charge on any atom is 0.329 e. The lowest BCUT2D eigenvalue weighted by atomic mass is 10.2. The quantitative estimate of drug-likeness (QED) is 0.281. The highest BCUT2D eigenvalue weighted by Gasteiger charge is 2.13. The van der Waals surface area contributed by atoms with Crippen LogP contribution >= 0.6 is 15.9 Å². The van der Waals surface area contributed by atoms with Gasteiger partial charge in [-0.2, -0.15) is 5.10 Å². The molecule has 0 saturated carbocycles. The summed E-state index contributed by atoms with van der Waals surface area (Å²) < 4.78 is 11.8. The SMILES string of the molecule is C=CCOc1ccc(/C=N/NC(=O)C(=O)Nc2cccc(Br)c2)cc1OCC. The molecule has 0 aliphatic carbocycles. The summed E-state index contributed by atoms with van der Waals surface area (Å²) in [6.07, 6.45) is 3.05. The van der Waals surface area contributed by atoms with Gasteiger partial charge in [-0.15, -0.1) is 0 Å². The average Bonchev–Trinajstić information content (AvgIpc) is 2.67. The standard InChI is InChI=1S/C20H20BrN3O4/c1-3-10-28-17-9-8-14(11-18(17)27-4-2)13-22-24-20(26)19(25)23-16-7-5-6-15(21)12-16/h3,5-9,11-13H,1,4,10H2,2H3,(H,23,25)(H,24,26)/b22-13+. The lowest BCUT2D eigenvalue weighted by molar-refractivity contribution is -0.136. The van der Waals surface area contributed by atoms with Crippen molar-refractivity contribution in [2.75, 3.05) is 18.5 Å². The molecule has 0 atom stereocenters. The Bertz CT molecular complexity index is 884. The molecule has 28 heavy (non-hydrogen) atoms. The summed E-state index contributed by atoms with van der Waals surface area (Å²) in [5.41, 5.74) is 3.35. The van der Waals surface area contributed by atoms with Crippen LogP contribution in [0.4, 0.5) is 5.69 Å². The number of halogens is 1. The van der Waals surface area contributed by atoms with Crippen LogP contribution < -0.4 is 20.2 Å². The molecule has 2 N–H and O–H groups in total. The van der Waals surface area contributed by atoms with Gasteiger partial charge in [0.2, 0.25) is 0 Å². The van der Waals surface area contributed by atoms with E-state index >= 15 is 0 Å². The van der Waals surface area contributed by atoms with Crippen molar-refractivity contribution in [3.05, 3.63) is 65.2 Å². The zero-order chi connectivity index (χ0) is 20.4. The van der Waals surface area contributed by atoms with Crippen molar-refractivity contribution in [1.82, 2.24) is 5.43 Å². The summed E-state index contributed by atoms with van der Waals surface area (Å²) in [7, 11) is 0. The van der Waals surface area contributed by atoms with Gasteiger partial charge >= 0.3 is 11.8 Å². The van der Waals surface area contributed by atoms with E-state index in [1.807, 2.05) is 13.0 Å². The Labute approximate surface area is 171 Å². The fourth-order valence-corrected chi connectivity index (χ4v) is 2.51. The van der Waals surface area contributed by atoms with Crippen LogP contribution in [0.5, 0.6) is 11.5 Å². The van der Waals surface area contributed by atoms with E-state index in [2.05, 4.69) is 38.4 Å². The van der Waals surface area contributed by atoms with Crippen LogP contribution in [0.15, 0.2) is 64.7 Å². The van der Waals surface area contributed by atoms with Crippen LogP contribution in [0.25, 0.3) is 0 Å². The smallest absolute Gasteiger partial charge is 0.329 e. The minimum Gasteiger partial charge on any atom is -0.490 e. The second-order valence-corrected chi connectivity index (χ2v) is 6.32. The van der Waals surface area contributed by atoms with Crippen LogP contribution in [0.2, 0.25) is 0 Å². The Balaban J connectivity index is 1.97. The topological polar surface area (TPSA) is 89.0 Å². The third-order valence-corrected chi connectivity index (χ3v) is 3.79. The van der Waals surface area contributed by atoms with Crippen molar-refractivity contribution < 1.29 is 19.1 Å². The molecule has 0 saturated heterocycles. The summed E-state index contributed by atoms with van der Waals surface area (Å²) in [5, 5.41) is 6.29. The van der Waals surface area contributed by atoms with E-state index < -0.39 is 11.8 Å². The third kappa shape index (κ3) is 6.55. The van der Waals surface area contributed by atoms with Crippen molar-refractivity contribution in [3.8, 4) is 11.5 Å². The van der Waals surface area contributed by atoms with E-state index in [9.17, 15) is 9.59 Å². The van der Waals surface area contributed by atoms with E-state index in [0.29, 0.717) is 36.0 Å². The van der Waals surface area contributed by atoms with E-state index in [4.69, 9.17) is 9.47 Å². The fraction of sp³-hybridized carbons (Fsp3) is 0.150. The first-order chi connectivity index (χ1) is 13.5. The number of anilines is 1. The Morgan fingerprint density at radius 1 is 1.14 bits per heavy atom. The highest BCUT2D eigenvalue weighted by Crippen LogP contribution is 2.28. The molecule has 0 radical (unpaired) electrons. The Morgan fingerprint density at radius 2 is 1.96 bits per heavy atom. The Kier molecular flexibility index (Phi) is 8.23. The van der Waals surface area contributed by atoms with Crippen molar-refractivity contribution in [2.45, 2.75) is 6.92 Å². The van der Waals surface area contributed by atoms with Crippen molar-refractivity contribution >= 4 is 39.6 Å². The van der Waals surface area contributed by atoms with Gasteiger partial charge in [0, 0.05) is 10.2 Å². The lowest BCUT2D eigenvalue weighted by Crippen LogP contribution is -2.32. The summed E-state index contributed by atoms with van der Waals surface area (Å²) >= 11 is 3.29. The number of carbonyl (C=O) groups excluding carboxylic acids is 2. The minimum atomic E-state index is -0.882. The van der Waals surface area contributed by atoms with Gasteiger partial charge in [0.25, 0.3) is 0 Å². The van der Waals surface area contributed by atoms with Gasteiger partial charge in [0.1, 0.15) is 6.61 Å². The molecule has 0 heterocycles. The highest BCUT2D eigenvalue weighted by atomic mass is 79.9. The predicted octanol–water partition coefficient (Wildman–Crippen LogP) is 3.50. The van der Waals surface area contributed by atoms with Crippen LogP contribution in [0.3, 0.4) is 0 Å². The number of hydrazone groups is 1. The molecule has 146 valence electrons. The molecule has 2 amide bonds. The number of hydrogen-bond donors (Lipinski definition) is 2. The van der Waals surface area contributed by atoms with Crippen molar-refractivity contribution in [1.29, 1.82) is 0 Å². The minimum absolute atomic E-state index is 0.358. The lowest BCUT2D eigenvalue weighted by Gasteiger charge is -2.11.